The molecule has 2 fully saturated rings. The van der Waals surface area contributed by atoms with Crippen molar-refractivity contribution in [2.45, 2.75) is 51.1 Å². The number of aryl methyl sites for hydroxylation is 1. The van der Waals surface area contributed by atoms with Gasteiger partial charge < -0.3 is 5.32 Å². The number of nitrogens with one attached hydrogen (secondary N) is 1. The standard InChI is InChI=1S/C19H26FN3O4S/c1-13-10-14(20)8-9-16(13)23-17(24)11-22(28(3,26)27)12-19(23,2)18(25)21-15-6-4-5-7-15/h8-10,15H,4-7,11-12H2,1-3H3,(H,21,25). The van der Waals surface area contributed by atoms with Gasteiger partial charge in [0.25, 0.3) is 0 Å². The molecule has 0 spiro atoms. The number of carbonyl (C=O) groups excluding carboxylic acids is 2. The highest BCUT2D eigenvalue weighted by atomic mass is 32.2. The monoisotopic (exact) mass is 411 g/mol. The molecule has 0 aromatic heterocycles. The van der Waals surface area contributed by atoms with Crippen molar-refractivity contribution in [3.05, 3.63) is 29.6 Å². The second-order valence-electron chi connectivity index (χ2n) is 7.92. The van der Waals surface area contributed by atoms with Gasteiger partial charge in [-0.3, -0.25) is 14.5 Å². The summed E-state index contributed by atoms with van der Waals surface area (Å²) in [4.78, 5) is 27.6. The molecule has 1 saturated heterocycles. The minimum absolute atomic E-state index is 0.0178. The van der Waals surface area contributed by atoms with Crippen LogP contribution in [0.2, 0.25) is 0 Å². The Morgan fingerprint density at radius 2 is 1.93 bits per heavy atom. The van der Waals surface area contributed by atoms with Gasteiger partial charge in [-0.1, -0.05) is 12.8 Å². The number of hydrogen-bond acceptors (Lipinski definition) is 4. The molecule has 0 radical (unpaired) electrons. The van der Waals surface area contributed by atoms with Gasteiger partial charge in [-0.05, 0) is 50.5 Å². The molecular weight excluding hydrogens is 385 g/mol. The van der Waals surface area contributed by atoms with Crippen LogP contribution in [0, 0.1) is 12.7 Å². The minimum atomic E-state index is -3.67. The molecule has 1 aromatic rings. The first kappa shape index (κ1) is 20.7. The Balaban J connectivity index is 2.03. The fourth-order valence-corrected chi connectivity index (χ4v) is 4.89. The SMILES string of the molecule is Cc1cc(F)ccc1N1C(=O)CN(S(C)(=O)=O)CC1(C)C(=O)NC1CCCC1. The lowest BCUT2D eigenvalue weighted by Gasteiger charge is -2.47. The summed E-state index contributed by atoms with van der Waals surface area (Å²) in [5, 5.41) is 2.98. The molecule has 2 amide bonds. The Hall–Kier alpha value is -2.00. The Labute approximate surface area is 164 Å². The number of anilines is 1. The number of rotatable bonds is 4. The van der Waals surface area contributed by atoms with E-state index < -0.39 is 33.2 Å². The van der Waals surface area contributed by atoms with Crippen LogP contribution in [0.1, 0.15) is 38.2 Å². The predicted molar refractivity (Wildman–Crippen MR) is 104 cm³/mol. The number of piperazine rings is 1. The third-order valence-corrected chi connectivity index (χ3v) is 6.78. The van der Waals surface area contributed by atoms with Crippen LogP contribution in [-0.2, 0) is 19.6 Å². The van der Waals surface area contributed by atoms with Crippen LogP contribution < -0.4 is 10.2 Å². The molecule has 28 heavy (non-hydrogen) atoms. The third kappa shape index (κ3) is 3.91. The molecule has 1 aliphatic carbocycles. The molecule has 1 N–H and O–H groups in total. The molecule has 1 aliphatic heterocycles. The Bertz CT molecular complexity index is 898. The van der Waals surface area contributed by atoms with E-state index in [1.165, 1.54) is 23.1 Å². The molecule has 3 rings (SSSR count). The summed E-state index contributed by atoms with van der Waals surface area (Å²) in [6.45, 7) is 2.70. The maximum absolute atomic E-state index is 13.6. The molecular formula is C19H26FN3O4S. The highest BCUT2D eigenvalue weighted by Crippen LogP contribution is 2.33. The lowest BCUT2D eigenvalue weighted by atomic mass is 9.93. The van der Waals surface area contributed by atoms with Gasteiger partial charge in [0.2, 0.25) is 21.8 Å². The Morgan fingerprint density at radius 3 is 2.50 bits per heavy atom. The fraction of sp³-hybridized carbons (Fsp3) is 0.579. The maximum Gasteiger partial charge on any atom is 0.247 e. The lowest BCUT2D eigenvalue weighted by Crippen LogP contribution is -2.70. The number of nitrogens with zero attached hydrogens (tertiary/aromatic N) is 2. The summed E-state index contributed by atoms with van der Waals surface area (Å²) in [7, 11) is -3.67. The molecule has 0 bridgehead atoms. The zero-order valence-electron chi connectivity index (χ0n) is 16.4. The summed E-state index contributed by atoms with van der Waals surface area (Å²) in [5.41, 5.74) is -0.534. The number of hydrogen-bond donors (Lipinski definition) is 1. The van der Waals surface area contributed by atoms with E-state index in [0.29, 0.717) is 11.3 Å². The summed E-state index contributed by atoms with van der Waals surface area (Å²) < 4.78 is 38.8. The lowest BCUT2D eigenvalue weighted by molar-refractivity contribution is -0.133. The van der Waals surface area contributed by atoms with Gasteiger partial charge in [0.1, 0.15) is 11.4 Å². The van der Waals surface area contributed by atoms with Crippen molar-refractivity contribution < 1.29 is 22.4 Å². The van der Waals surface area contributed by atoms with Crippen LogP contribution in [0.25, 0.3) is 0 Å². The van der Waals surface area contributed by atoms with E-state index in [0.717, 1.165) is 36.2 Å². The first-order valence-electron chi connectivity index (χ1n) is 9.37. The quantitative estimate of drug-likeness (QED) is 0.815. The smallest absolute Gasteiger partial charge is 0.247 e. The average molecular weight is 411 g/mol. The van der Waals surface area contributed by atoms with Crippen LogP contribution in [0.3, 0.4) is 0 Å². The largest absolute Gasteiger partial charge is 0.351 e. The zero-order chi connectivity index (χ0) is 20.7. The van der Waals surface area contributed by atoms with Crippen molar-refractivity contribution in [3.8, 4) is 0 Å². The van der Waals surface area contributed by atoms with Crippen LogP contribution in [0.5, 0.6) is 0 Å². The zero-order valence-corrected chi connectivity index (χ0v) is 17.2. The molecule has 1 saturated carbocycles. The van der Waals surface area contributed by atoms with Gasteiger partial charge in [0, 0.05) is 18.3 Å². The number of halogens is 1. The topological polar surface area (TPSA) is 86.8 Å². The van der Waals surface area contributed by atoms with Crippen molar-refractivity contribution in [1.82, 2.24) is 9.62 Å². The van der Waals surface area contributed by atoms with Gasteiger partial charge in [0.15, 0.2) is 0 Å². The van der Waals surface area contributed by atoms with E-state index in [2.05, 4.69) is 5.32 Å². The summed E-state index contributed by atoms with van der Waals surface area (Å²) in [6.07, 6.45) is 4.80. The van der Waals surface area contributed by atoms with Crippen LogP contribution in [0.4, 0.5) is 10.1 Å². The van der Waals surface area contributed by atoms with E-state index in [1.807, 2.05) is 0 Å². The summed E-state index contributed by atoms with van der Waals surface area (Å²) in [6, 6.07) is 4.00. The first-order chi connectivity index (χ1) is 13.0. The molecule has 1 heterocycles. The second-order valence-corrected chi connectivity index (χ2v) is 9.90. The maximum atomic E-state index is 13.6. The Kier molecular flexibility index (Phi) is 5.51. The number of carbonyl (C=O) groups is 2. The molecule has 154 valence electrons. The van der Waals surface area contributed by atoms with Crippen molar-refractivity contribution in [1.29, 1.82) is 0 Å². The number of amides is 2. The highest BCUT2D eigenvalue weighted by Gasteiger charge is 2.51. The number of benzene rings is 1. The van der Waals surface area contributed by atoms with Crippen LogP contribution in [0.15, 0.2) is 18.2 Å². The first-order valence-corrected chi connectivity index (χ1v) is 11.2. The van der Waals surface area contributed by atoms with E-state index in [9.17, 15) is 22.4 Å². The van der Waals surface area contributed by atoms with E-state index >= 15 is 0 Å². The molecule has 9 heteroatoms. The molecule has 7 nitrogen and oxygen atoms in total. The molecule has 1 aromatic carbocycles. The summed E-state index contributed by atoms with van der Waals surface area (Å²) in [5.74, 6) is -1.36. The number of sulfonamides is 1. The van der Waals surface area contributed by atoms with E-state index in [4.69, 9.17) is 0 Å². The van der Waals surface area contributed by atoms with Crippen molar-refractivity contribution >= 4 is 27.5 Å². The average Bonchev–Trinajstić information content (AvgIpc) is 3.08. The molecule has 2 aliphatic rings. The van der Waals surface area contributed by atoms with Crippen molar-refractivity contribution in [2.24, 2.45) is 0 Å². The van der Waals surface area contributed by atoms with Gasteiger partial charge in [-0.2, -0.15) is 4.31 Å². The van der Waals surface area contributed by atoms with Crippen LogP contribution in [-0.4, -0.2) is 55.5 Å². The minimum Gasteiger partial charge on any atom is -0.351 e. The summed E-state index contributed by atoms with van der Waals surface area (Å²) >= 11 is 0. The predicted octanol–water partition coefficient (Wildman–Crippen LogP) is 1.56. The highest BCUT2D eigenvalue weighted by molar-refractivity contribution is 7.88. The molecule has 1 atom stereocenters. The third-order valence-electron chi connectivity index (χ3n) is 5.59. The van der Waals surface area contributed by atoms with Gasteiger partial charge in [0.05, 0.1) is 12.8 Å². The van der Waals surface area contributed by atoms with Crippen molar-refractivity contribution in [2.75, 3.05) is 24.2 Å². The second kappa shape index (κ2) is 7.44. The molecule has 1 unspecified atom stereocenters. The van der Waals surface area contributed by atoms with Crippen LogP contribution >= 0.6 is 0 Å². The van der Waals surface area contributed by atoms with Gasteiger partial charge >= 0.3 is 0 Å². The normalized spacial score (nSPS) is 24.6. The van der Waals surface area contributed by atoms with E-state index in [1.54, 1.807) is 13.8 Å². The van der Waals surface area contributed by atoms with Gasteiger partial charge in [-0.15, -0.1) is 0 Å². The fourth-order valence-electron chi connectivity index (χ4n) is 4.06. The van der Waals surface area contributed by atoms with Gasteiger partial charge in [-0.25, -0.2) is 12.8 Å². The van der Waals surface area contributed by atoms with Crippen molar-refractivity contribution in [3.63, 3.8) is 0 Å². The Morgan fingerprint density at radius 1 is 1.29 bits per heavy atom. The van der Waals surface area contributed by atoms with E-state index in [-0.39, 0.29) is 19.1 Å².